The second-order valence-corrected chi connectivity index (χ2v) is 6.66. The van der Waals surface area contributed by atoms with E-state index >= 15 is 0 Å². The normalized spacial score (nSPS) is 10.9. The van der Waals surface area contributed by atoms with Gasteiger partial charge in [0.25, 0.3) is 0 Å². The van der Waals surface area contributed by atoms with Crippen LogP contribution in [-0.4, -0.2) is 41.2 Å². The number of hydrogen-bond donors (Lipinski definition) is 3. The predicted octanol–water partition coefficient (Wildman–Crippen LogP) is 2.28. The Balaban J connectivity index is 1.79. The summed E-state index contributed by atoms with van der Waals surface area (Å²) in [6.07, 6.45) is 0. The minimum Gasteiger partial charge on any atom is -0.464 e. The Kier molecular flexibility index (Phi) is 7.04. The van der Waals surface area contributed by atoms with Gasteiger partial charge >= 0.3 is 5.69 Å². The van der Waals surface area contributed by atoms with Gasteiger partial charge in [0.05, 0.1) is 17.2 Å². The van der Waals surface area contributed by atoms with E-state index in [0.29, 0.717) is 12.4 Å². The van der Waals surface area contributed by atoms with E-state index in [1.807, 2.05) is 31.1 Å². The molecule has 2 aromatic rings. The first-order valence-corrected chi connectivity index (χ1v) is 8.81. The highest BCUT2D eigenvalue weighted by Crippen LogP contribution is 2.24. The summed E-state index contributed by atoms with van der Waals surface area (Å²) in [5, 5.41) is 14.0. The molecular formula is C15H22N6O3S. The van der Waals surface area contributed by atoms with Crippen LogP contribution >= 0.6 is 11.8 Å². The molecule has 0 aliphatic heterocycles. The molecule has 9 nitrogen and oxygen atoms in total. The fourth-order valence-corrected chi connectivity index (χ4v) is 2.87. The van der Waals surface area contributed by atoms with E-state index in [9.17, 15) is 10.1 Å². The zero-order valence-corrected chi connectivity index (χ0v) is 15.0. The maximum Gasteiger partial charge on any atom is 0.311 e. The Morgan fingerprint density at radius 1 is 1.32 bits per heavy atom. The fourth-order valence-electron chi connectivity index (χ4n) is 2.12. The van der Waals surface area contributed by atoms with E-state index in [2.05, 4.69) is 15.7 Å². The van der Waals surface area contributed by atoms with Crippen LogP contribution in [0.4, 0.5) is 17.3 Å². The van der Waals surface area contributed by atoms with Crippen molar-refractivity contribution in [1.82, 2.24) is 9.88 Å². The first-order valence-electron chi connectivity index (χ1n) is 7.65. The van der Waals surface area contributed by atoms with Crippen molar-refractivity contribution in [3.05, 3.63) is 45.9 Å². The van der Waals surface area contributed by atoms with Gasteiger partial charge in [-0.3, -0.25) is 10.1 Å². The molecule has 0 saturated carbocycles. The molecule has 10 heteroatoms. The second-order valence-electron chi connectivity index (χ2n) is 5.55. The first-order chi connectivity index (χ1) is 12.0. The molecule has 2 heterocycles. The molecule has 2 rings (SSSR count). The number of furan rings is 1. The SMILES string of the molecule is CN(C)Cc1ccc(CSCCNc2nc(NN)ccc2[N+](=O)[O-])o1. The van der Waals surface area contributed by atoms with Crippen LogP contribution in [0.15, 0.2) is 28.7 Å². The molecule has 25 heavy (non-hydrogen) atoms. The van der Waals surface area contributed by atoms with Crippen LogP contribution in [0.1, 0.15) is 11.5 Å². The monoisotopic (exact) mass is 366 g/mol. The van der Waals surface area contributed by atoms with Crippen LogP contribution in [0.5, 0.6) is 0 Å². The van der Waals surface area contributed by atoms with Gasteiger partial charge in [0.15, 0.2) is 0 Å². The van der Waals surface area contributed by atoms with E-state index in [1.165, 1.54) is 12.1 Å². The number of nitrogen functional groups attached to an aromatic ring is 1. The Morgan fingerprint density at radius 3 is 2.76 bits per heavy atom. The average Bonchev–Trinajstić information content (AvgIpc) is 3.00. The van der Waals surface area contributed by atoms with Crippen molar-refractivity contribution >= 4 is 29.1 Å². The van der Waals surface area contributed by atoms with Crippen molar-refractivity contribution in [1.29, 1.82) is 0 Å². The van der Waals surface area contributed by atoms with Gasteiger partial charge in [-0.2, -0.15) is 11.8 Å². The fraction of sp³-hybridized carbons (Fsp3) is 0.400. The van der Waals surface area contributed by atoms with E-state index in [0.717, 1.165) is 29.6 Å². The van der Waals surface area contributed by atoms with E-state index in [1.54, 1.807) is 11.8 Å². The molecule has 0 bridgehead atoms. The minimum absolute atomic E-state index is 0.0802. The molecule has 0 radical (unpaired) electrons. The van der Waals surface area contributed by atoms with Crippen LogP contribution in [0, 0.1) is 10.1 Å². The molecule has 0 saturated heterocycles. The largest absolute Gasteiger partial charge is 0.464 e. The van der Waals surface area contributed by atoms with E-state index in [4.69, 9.17) is 10.3 Å². The Labute approximate surface area is 150 Å². The third kappa shape index (κ3) is 5.93. The molecule has 0 aliphatic carbocycles. The summed E-state index contributed by atoms with van der Waals surface area (Å²) in [6, 6.07) is 6.78. The van der Waals surface area contributed by atoms with Crippen molar-refractivity contribution in [2.75, 3.05) is 37.1 Å². The molecule has 0 spiro atoms. The molecule has 0 aromatic carbocycles. The van der Waals surface area contributed by atoms with Crippen LogP contribution in [0.2, 0.25) is 0 Å². The van der Waals surface area contributed by atoms with Crippen molar-refractivity contribution in [3.8, 4) is 0 Å². The molecule has 0 unspecified atom stereocenters. The maximum atomic E-state index is 11.0. The Morgan fingerprint density at radius 2 is 2.08 bits per heavy atom. The molecule has 4 N–H and O–H groups in total. The van der Waals surface area contributed by atoms with Crippen molar-refractivity contribution in [2.45, 2.75) is 12.3 Å². The van der Waals surface area contributed by atoms with Gasteiger partial charge in [-0.05, 0) is 32.3 Å². The molecule has 0 aliphatic rings. The number of hydrazine groups is 1. The number of nitro groups is 1. The number of anilines is 2. The minimum atomic E-state index is -0.474. The standard InChI is InChI=1S/C15H22N6O3S/c1-20(2)9-11-3-4-12(24-11)10-25-8-7-17-15-13(21(22)23)5-6-14(18-15)19-16/h3-6H,7-10,16H2,1-2H3,(H2,17,18,19). The summed E-state index contributed by atoms with van der Waals surface area (Å²) in [4.78, 5) is 16.7. The van der Waals surface area contributed by atoms with Gasteiger partial charge in [0.2, 0.25) is 5.82 Å². The first kappa shape index (κ1) is 19.0. The van der Waals surface area contributed by atoms with E-state index in [-0.39, 0.29) is 11.5 Å². The lowest BCUT2D eigenvalue weighted by atomic mass is 10.3. The number of pyridine rings is 1. The van der Waals surface area contributed by atoms with Gasteiger partial charge < -0.3 is 20.1 Å². The lowest BCUT2D eigenvalue weighted by molar-refractivity contribution is -0.384. The highest BCUT2D eigenvalue weighted by Gasteiger charge is 2.15. The lowest BCUT2D eigenvalue weighted by Gasteiger charge is -2.08. The van der Waals surface area contributed by atoms with Crippen molar-refractivity contribution < 1.29 is 9.34 Å². The smallest absolute Gasteiger partial charge is 0.311 e. The highest BCUT2D eigenvalue weighted by atomic mass is 32.2. The summed E-state index contributed by atoms with van der Waals surface area (Å²) in [6.45, 7) is 1.31. The summed E-state index contributed by atoms with van der Waals surface area (Å²) < 4.78 is 5.73. The topological polar surface area (TPSA) is 122 Å². The summed E-state index contributed by atoms with van der Waals surface area (Å²) in [5.74, 6) is 9.21. The van der Waals surface area contributed by atoms with Gasteiger partial charge in [0, 0.05) is 18.4 Å². The quantitative estimate of drug-likeness (QED) is 0.251. The Hall–Kier alpha value is -2.30. The molecule has 0 atom stereocenters. The van der Waals surface area contributed by atoms with Gasteiger partial charge in [0.1, 0.15) is 17.3 Å². The van der Waals surface area contributed by atoms with Crippen LogP contribution in [0.25, 0.3) is 0 Å². The zero-order chi connectivity index (χ0) is 18.2. The predicted molar refractivity (Wildman–Crippen MR) is 99.5 cm³/mol. The molecule has 0 fully saturated rings. The van der Waals surface area contributed by atoms with E-state index < -0.39 is 4.92 Å². The number of nitrogens with zero attached hydrogens (tertiary/aromatic N) is 3. The number of rotatable bonds is 10. The van der Waals surface area contributed by atoms with Crippen LogP contribution in [-0.2, 0) is 12.3 Å². The number of thioether (sulfide) groups is 1. The molecule has 136 valence electrons. The van der Waals surface area contributed by atoms with Crippen molar-refractivity contribution in [3.63, 3.8) is 0 Å². The van der Waals surface area contributed by atoms with Gasteiger partial charge in [-0.15, -0.1) is 0 Å². The van der Waals surface area contributed by atoms with Crippen molar-refractivity contribution in [2.24, 2.45) is 5.84 Å². The third-order valence-corrected chi connectivity index (χ3v) is 4.17. The van der Waals surface area contributed by atoms with Gasteiger partial charge in [-0.25, -0.2) is 10.8 Å². The zero-order valence-electron chi connectivity index (χ0n) is 14.2. The summed E-state index contributed by atoms with van der Waals surface area (Å²) in [5.41, 5.74) is 2.30. The average molecular weight is 366 g/mol. The number of nitrogens with two attached hydrogens (primary N) is 1. The molecule has 2 aromatic heterocycles. The third-order valence-electron chi connectivity index (χ3n) is 3.19. The number of aromatic nitrogens is 1. The molecule has 0 amide bonds. The van der Waals surface area contributed by atoms with Crippen LogP contribution < -0.4 is 16.6 Å². The number of nitrogens with one attached hydrogen (secondary N) is 2. The van der Waals surface area contributed by atoms with Gasteiger partial charge in [-0.1, -0.05) is 0 Å². The summed E-state index contributed by atoms with van der Waals surface area (Å²) >= 11 is 1.67. The highest BCUT2D eigenvalue weighted by molar-refractivity contribution is 7.98. The Bertz CT molecular complexity index is 706. The number of hydrogen-bond acceptors (Lipinski definition) is 9. The lowest BCUT2D eigenvalue weighted by Crippen LogP contribution is -2.12. The maximum absolute atomic E-state index is 11.0. The second kappa shape index (κ2) is 9.25. The van der Waals surface area contributed by atoms with Crippen LogP contribution in [0.3, 0.4) is 0 Å². The molecular weight excluding hydrogens is 344 g/mol. The summed E-state index contributed by atoms with van der Waals surface area (Å²) in [7, 11) is 3.98.